The van der Waals surface area contributed by atoms with Crippen LogP contribution >= 0.6 is 23.4 Å². The zero-order chi connectivity index (χ0) is 19.2. The molecular formula is C21H29ClN4S. The highest BCUT2D eigenvalue weighted by Crippen LogP contribution is 2.20. The molecule has 0 spiro atoms. The molecule has 3 rings (SSSR count). The third-order valence-corrected chi connectivity index (χ3v) is 6.03. The summed E-state index contributed by atoms with van der Waals surface area (Å²) in [5.41, 5.74) is 3.45. The van der Waals surface area contributed by atoms with Crippen LogP contribution in [0.25, 0.3) is 10.9 Å². The number of hydrogen-bond acceptors (Lipinski definition) is 4. The number of nitrogens with zero attached hydrogens (tertiary/aromatic N) is 1. The quantitative estimate of drug-likeness (QED) is 0.566. The van der Waals surface area contributed by atoms with E-state index in [-0.39, 0.29) is 0 Å². The number of benzene rings is 1. The largest absolute Gasteiger partial charge is 0.373 e. The molecule has 1 aromatic carbocycles. The number of hydrogen-bond donors (Lipinski definition) is 3. The van der Waals surface area contributed by atoms with Crippen molar-refractivity contribution in [2.24, 2.45) is 0 Å². The molecule has 1 saturated heterocycles. The molecule has 6 heteroatoms. The van der Waals surface area contributed by atoms with E-state index in [1.165, 1.54) is 12.1 Å². The van der Waals surface area contributed by atoms with Crippen LogP contribution in [-0.4, -0.2) is 40.5 Å². The second-order valence-electron chi connectivity index (χ2n) is 6.99. The van der Waals surface area contributed by atoms with Gasteiger partial charge in [0.1, 0.15) is 0 Å². The van der Waals surface area contributed by atoms with Crippen LogP contribution in [0, 0.1) is 0 Å². The van der Waals surface area contributed by atoms with Gasteiger partial charge in [-0.25, -0.2) is 0 Å². The van der Waals surface area contributed by atoms with Crippen LogP contribution in [0.4, 0.5) is 0 Å². The lowest BCUT2D eigenvalue weighted by Gasteiger charge is -2.36. The van der Waals surface area contributed by atoms with E-state index in [9.17, 15) is 0 Å². The number of aromatic amines is 1. The first kappa shape index (κ1) is 20.0. The van der Waals surface area contributed by atoms with E-state index < -0.39 is 0 Å². The molecule has 1 aliphatic heterocycles. The standard InChI is InChI=1S/C21H29ClN4S/c1-4-27-14-15(2)26-9-5-6-19(13-26)24-16(3)23-12-20-11-17-10-18(22)7-8-21(17)25-20/h7-8,10-11,19,23-25H,2-6,9,12-14H2,1H3. The smallest absolute Gasteiger partial charge is 0.0918 e. The number of halogens is 1. The molecule has 1 aliphatic rings. The number of thioether (sulfide) groups is 1. The van der Waals surface area contributed by atoms with Crippen LogP contribution in [0.1, 0.15) is 25.5 Å². The maximum absolute atomic E-state index is 6.06. The SMILES string of the molecule is C=C(NCc1cc2cc(Cl)ccc2[nH]1)NC1CCCN(C(=C)CSCC)C1. The van der Waals surface area contributed by atoms with Gasteiger partial charge < -0.3 is 20.5 Å². The van der Waals surface area contributed by atoms with E-state index in [4.69, 9.17) is 11.6 Å². The van der Waals surface area contributed by atoms with Gasteiger partial charge in [-0.2, -0.15) is 11.8 Å². The normalized spacial score (nSPS) is 17.1. The molecule has 0 amide bonds. The summed E-state index contributed by atoms with van der Waals surface area (Å²) in [6, 6.07) is 8.42. The summed E-state index contributed by atoms with van der Waals surface area (Å²) in [5, 5.41) is 8.81. The average Bonchev–Trinajstić information content (AvgIpc) is 3.06. The van der Waals surface area contributed by atoms with Crippen LogP contribution in [0.2, 0.25) is 5.02 Å². The van der Waals surface area contributed by atoms with E-state index in [1.807, 2.05) is 30.0 Å². The van der Waals surface area contributed by atoms with Gasteiger partial charge in [-0.3, -0.25) is 0 Å². The first-order valence-corrected chi connectivity index (χ1v) is 11.1. The monoisotopic (exact) mass is 404 g/mol. The predicted octanol–water partition coefficient (Wildman–Crippen LogP) is 4.70. The van der Waals surface area contributed by atoms with E-state index >= 15 is 0 Å². The topological polar surface area (TPSA) is 43.1 Å². The Morgan fingerprint density at radius 1 is 1.37 bits per heavy atom. The van der Waals surface area contributed by atoms with E-state index in [1.54, 1.807) is 0 Å². The van der Waals surface area contributed by atoms with Crippen molar-refractivity contribution >= 4 is 34.3 Å². The van der Waals surface area contributed by atoms with Crippen LogP contribution in [0.5, 0.6) is 0 Å². The second-order valence-corrected chi connectivity index (χ2v) is 8.70. The Labute approximate surface area is 171 Å². The molecule has 1 unspecified atom stereocenters. The first-order valence-electron chi connectivity index (χ1n) is 9.52. The van der Waals surface area contributed by atoms with Crippen LogP contribution in [0.15, 0.2) is 48.9 Å². The first-order chi connectivity index (χ1) is 13.0. The third-order valence-electron chi connectivity index (χ3n) is 4.85. The number of piperidine rings is 1. The maximum Gasteiger partial charge on any atom is 0.0918 e. The summed E-state index contributed by atoms with van der Waals surface area (Å²) in [6.07, 6.45) is 2.35. The molecular weight excluding hydrogens is 376 g/mol. The minimum Gasteiger partial charge on any atom is -0.373 e. The number of rotatable bonds is 9. The van der Waals surface area contributed by atoms with Crippen molar-refractivity contribution in [2.75, 3.05) is 24.6 Å². The van der Waals surface area contributed by atoms with Crippen molar-refractivity contribution in [1.82, 2.24) is 20.5 Å². The van der Waals surface area contributed by atoms with Gasteiger partial charge in [0, 0.05) is 52.2 Å². The van der Waals surface area contributed by atoms with Crippen molar-refractivity contribution < 1.29 is 0 Å². The van der Waals surface area contributed by atoms with Crippen molar-refractivity contribution in [3.05, 3.63) is 59.7 Å². The second kappa shape index (κ2) is 9.47. The molecule has 3 N–H and O–H groups in total. The number of H-pyrrole nitrogens is 1. The molecule has 1 fully saturated rings. The third kappa shape index (κ3) is 5.63. The van der Waals surface area contributed by atoms with Crippen LogP contribution < -0.4 is 10.6 Å². The zero-order valence-corrected chi connectivity index (χ0v) is 17.6. The minimum atomic E-state index is 0.406. The average molecular weight is 405 g/mol. The van der Waals surface area contributed by atoms with Gasteiger partial charge >= 0.3 is 0 Å². The van der Waals surface area contributed by atoms with Gasteiger partial charge in [0.15, 0.2) is 0 Å². The molecule has 2 heterocycles. The molecule has 146 valence electrons. The lowest BCUT2D eigenvalue weighted by molar-refractivity contribution is 0.242. The van der Waals surface area contributed by atoms with Crippen LogP contribution in [-0.2, 0) is 6.54 Å². The summed E-state index contributed by atoms with van der Waals surface area (Å²) in [7, 11) is 0. The molecule has 27 heavy (non-hydrogen) atoms. The van der Waals surface area contributed by atoms with Crippen LogP contribution in [0.3, 0.4) is 0 Å². The fourth-order valence-corrected chi connectivity index (χ4v) is 4.25. The maximum atomic E-state index is 6.06. The summed E-state index contributed by atoms with van der Waals surface area (Å²) in [6.45, 7) is 13.4. The Bertz CT molecular complexity index is 801. The van der Waals surface area contributed by atoms with Gasteiger partial charge in [0.2, 0.25) is 0 Å². The predicted molar refractivity (Wildman–Crippen MR) is 119 cm³/mol. The number of aromatic nitrogens is 1. The molecule has 4 nitrogen and oxygen atoms in total. The molecule has 0 saturated carbocycles. The molecule has 0 bridgehead atoms. The minimum absolute atomic E-state index is 0.406. The van der Waals surface area contributed by atoms with E-state index in [2.05, 4.69) is 46.7 Å². The van der Waals surface area contributed by atoms with E-state index in [0.29, 0.717) is 12.6 Å². The van der Waals surface area contributed by atoms with Gasteiger partial charge in [-0.05, 0) is 42.9 Å². The number of fused-ring (bicyclic) bond motifs is 1. The molecule has 1 aromatic heterocycles. The highest BCUT2D eigenvalue weighted by atomic mass is 35.5. The Balaban J connectivity index is 1.47. The fraction of sp³-hybridized carbons (Fsp3) is 0.429. The van der Waals surface area contributed by atoms with Crippen molar-refractivity contribution in [1.29, 1.82) is 0 Å². The molecule has 0 aliphatic carbocycles. The van der Waals surface area contributed by atoms with Crippen molar-refractivity contribution in [3.8, 4) is 0 Å². The zero-order valence-electron chi connectivity index (χ0n) is 16.0. The Morgan fingerprint density at radius 2 is 2.22 bits per heavy atom. The Hall–Kier alpha value is -1.72. The lowest BCUT2D eigenvalue weighted by Crippen LogP contribution is -2.46. The van der Waals surface area contributed by atoms with Crippen molar-refractivity contribution in [2.45, 2.75) is 32.4 Å². The van der Waals surface area contributed by atoms with Crippen molar-refractivity contribution in [3.63, 3.8) is 0 Å². The number of likely N-dealkylation sites (tertiary alicyclic amines) is 1. The Kier molecular flexibility index (Phi) is 7.02. The molecule has 0 radical (unpaired) electrons. The fourth-order valence-electron chi connectivity index (χ4n) is 3.45. The highest BCUT2D eigenvalue weighted by Gasteiger charge is 2.20. The number of nitrogens with one attached hydrogen (secondary N) is 3. The highest BCUT2D eigenvalue weighted by molar-refractivity contribution is 7.99. The van der Waals surface area contributed by atoms with Gasteiger partial charge in [-0.15, -0.1) is 0 Å². The molecule has 1 atom stereocenters. The van der Waals surface area contributed by atoms with Gasteiger partial charge in [-0.1, -0.05) is 31.7 Å². The summed E-state index contributed by atoms with van der Waals surface area (Å²) >= 11 is 7.99. The van der Waals surface area contributed by atoms with E-state index in [0.717, 1.165) is 58.5 Å². The summed E-state index contributed by atoms with van der Waals surface area (Å²) in [5.74, 6) is 3.02. The Morgan fingerprint density at radius 3 is 3.04 bits per heavy atom. The lowest BCUT2D eigenvalue weighted by atomic mass is 10.1. The van der Waals surface area contributed by atoms with Gasteiger partial charge in [0.05, 0.1) is 12.4 Å². The molecule has 2 aromatic rings. The summed E-state index contributed by atoms with van der Waals surface area (Å²) < 4.78 is 0. The summed E-state index contributed by atoms with van der Waals surface area (Å²) in [4.78, 5) is 5.83. The van der Waals surface area contributed by atoms with Gasteiger partial charge in [0.25, 0.3) is 0 Å².